The number of nitrogens with one attached hydrogen (secondary N) is 1. The van der Waals surface area contributed by atoms with Gasteiger partial charge in [0.05, 0.1) is 12.8 Å². The Hall–Kier alpha value is -0.800. The fourth-order valence-electron chi connectivity index (χ4n) is 2.75. The number of rotatable bonds is 5. The third kappa shape index (κ3) is 3.11. The molecule has 0 spiro atoms. The second kappa shape index (κ2) is 5.23. The van der Waals surface area contributed by atoms with Crippen molar-refractivity contribution in [2.75, 3.05) is 13.1 Å². The van der Waals surface area contributed by atoms with Crippen molar-refractivity contribution in [3.63, 3.8) is 0 Å². The lowest BCUT2D eigenvalue weighted by Crippen LogP contribution is -2.44. The molecule has 2 fully saturated rings. The van der Waals surface area contributed by atoms with Crippen LogP contribution in [0.2, 0.25) is 0 Å². The largest absolute Gasteiger partial charge is 0.468 e. The average molecular weight is 234 g/mol. The maximum Gasteiger partial charge on any atom is 0.117 e. The van der Waals surface area contributed by atoms with E-state index in [1.807, 2.05) is 6.07 Å². The van der Waals surface area contributed by atoms with Crippen LogP contribution in [0.15, 0.2) is 22.8 Å². The molecule has 2 heterocycles. The summed E-state index contributed by atoms with van der Waals surface area (Å²) in [5.74, 6) is 1.10. The van der Waals surface area contributed by atoms with Crippen LogP contribution < -0.4 is 5.32 Å². The zero-order chi connectivity index (χ0) is 11.5. The summed E-state index contributed by atoms with van der Waals surface area (Å²) in [5, 5.41) is 3.64. The molecule has 1 aromatic heterocycles. The van der Waals surface area contributed by atoms with Crippen LogP contribution in [0.4, 0.5) is 0 Å². The first kappa shape index (κ1) is 11.3. The van der Waals surface area contributed by atoms with Gasteiger partial charge in [-0.3, -0.25) is 4.90 Å². The van der Waals surface area contributed by atoms with E-state index in [1.54, 1.807) is 6.26 Å². The Balaban J connectivity index is 1.56. The first-order valence-corrected chi connectivity index (χ1v) is 6.91. The zero-order valence-electron chi connectivity index (χ0n) is 10.4. The normalized spacial score (nSPS) is 25.4. The molecule has 94 valence electrons. The molecule has 17 heavy (non-hydrogen) atoms. The second-order valence-electron chi connectivity index (χ2n) is 5.39. The van der Waals surface area contributed by atoms with E-state index >= 15 is 0 Å². The van der Waals surface area contributed by atoms with Crippen molar-refractivity contribution in [2.24, 2.45) is 0 Å². The van der Waals surface area contributed by atoms with E-state index in [2.05, 4.69) is 16.3 Å². The Bertz CT molecular complexity index is 326. The van der Waals surface area contributed by atoms with Crippen LogP contribution in [0, 0.1) is 0 Å². The summed E-state index contributed by atoms with van der Waals surface area (Å²) in [4.78, 5) is 2.60. The van der Waals surface area contributed by atoms with Crippen molar-refractivity contribution in [1.29, 1.82) is 0 Å². The molecule has 0 bridgehead atoms. The predicted molar refractivity (Wildman–Crippen MR) is 67.8 cm³/mol. The Morgan fingerprint density at radius 2 is 2.24 bits per heavy atom. The Morgan fingerprint density at radius 1 is 1.29 bits per heavy atom. The van der Waals surface area contributed by atoms with E-state index in [0.717, 1.165) is 18.3 Å². The molecule has 2 aliphatic rings. The topological polar surface area (TPSA) is 28.4 Å². The molecule has 1 atom stereocenters. The minimum atomic E-state index is 0.694. The fourth-order valence-corrected chi connectivity index (χ4v) is 2.75. The highest BCUT2D eigenvalue weighted by Gasteiger charge is 2.31. The summed E-state index contributed by atoms with van der Waals surface area (Å²) in [6, 6.07) is 5.58. The van der Waals surface area contributed by atoms with Gasteiger partial charge in [0.1, 0.15) is 5.76 Å². The van der Waals surface area contributed by atoms with E-state index < -0.39 is 0 Å². The Morgan fingerprint density at radius 3 is 2.88 bits per heavy atom. The summed E-state index contributed by atoms with van der Waals surface area (Å²) >= 11 is 0. The van der Waals surface area contributed by atoms with E-state index in [4.69, 9.17) is 4.42 Å². The molecule has 3 heteroatoms. The average Bonchev–Trinajstić information content (AvgIpc) is 3.09. The highest BCUT2D eigenvalue weighted by molar-refractivity contribution is 5.00. The highest BCUT2D eigenvalue weighted by atomic mass is 16.3. The Kier molecular flexibility index (Phi) is 3.48. The fraction of sp³-hybridized carbons (Fsp3) is 0.714. The number of hydrogen-bond donors (Lipinski definition) is 1. The van der Waals surface area contributed by atoms with Crippen LogP contribution in [0.1, 0.15) is 37.9 Å². The lowest BCUT2D eigenvalue weighted by Gasteiger charge is -2.30. The highest BCUT2D eigenvalue weighted by Crippen LogP contribution is 2.29. The first-order valence-electron chi connectivity index (χ1n) is 6.91. The molecule has 1 unspecified atom stereocenters. The lowest BCUT2D eigenvalue weighted by molar-refractivity contribution is 0.195. The van der Waals surface area contributed by atoms with Crippen LogP contribution in [-0.2, 0) is 6.54 Å². The standard InChI is InChI=1S/C14H22N2O/c1-2-8-15-12(4-1)10-16(13-6-7-13)11-14-5-3-9-17-14/h3,5,9,12-13,15H,1-2,4,6-8,10-11H2. The van der Waals surface area contributed by atoms with Crippen molar-refractivity contribution in [1.82, 2.24) is 10.2 Å². The molecule has 1 saturated carbocycles. The zero-order valence-corrected chi connectivity index (χ0v) is 10.4. The molecule has 0 radical (unpaired) electrons. The minimum absolute atomic E-state index is 0.694. The van der Waals surface area contributed by atoms with Crippen molar-refractivity contribution < 1.29 is 4.42 Å². The number of hydrogen-bond acceptors (Lipinski definition) is 3. The van der Waals surface area contributed by atoms with Crippen LogP contribution >= 0.6 is 0 Å². The third-order valence-corrected chi connectivity index (χ3v) is 3.87. The first-order chi connectivity index (χ1) is 8.42. The molecule has 0 aromatic carbocycles. The Labute approximate surface area is 103 Å². The van der Waals surface area contributed by atoms with E-state index in [0.29, 0.717) is 6.04 Å². The SMILES string of the molecule is c1coc(CN(CC2CCCCN2)C2CC2)c1. The van der Waals surface area contributed by atoms with Gasteiger partial charge in [0.25, 0.3) is 0 Å². The van der Waals surface area contributed by atoms with Gasteiger partial charge in [0.15, 0.2) is 0 Å². The summed E-state index contributed by atoms with van der Waals surface area (Å²) in [5.41, 5.74) is 0. The van der Waals surface area contributed by atoms with Crippen molar-refractivity contribution in [2.45, 2.75) is 50.7 Å². The van der Waals surface area contributed by atoms with Gasteiger partial charge in [-0.15, -0.1) is 0 Å². The maximum atomic E-state index is 5.47. The summed E-state index contributed by atoms with van der Waals surface area (Å²) in [6.07, 6.45) is 8.58. The molecule has 1 aliphatic heterocycles. The molecule has 0 amide bonds. The molecule has 1 saturated heterocycles. The van der Waals surface area contributed by atoms with Crippen LogP contribution in [0.5, 0.6) is 0 Å². The molecule has 3 rings (SSSR count). The van der Waals surface area contributed by atoms with Gasteiger partial charge in [-0.1, -0.05) is 6.42 Å². The van der Waals surface area contributed by atoms with E-state index in [1.165, 1.54) is 45.2 Å². The molecule has 3 nitrogen and oxygen atoms in total. The van der Waals surface area contributed by atoms with E-state index in [-0.39, 0.29) is 0 Å². The quantitative estimate of drug-likeness (QED) is 0.848. The monoisotopic (exact) mass is 234 g/mol. The van der Waals surface area contributed by atoms with Gasteiger partial charge in [0, 0.05) is 18.6 Å². The smallest absolute Gasteiger partial charge is 0.117 e. The van der Waals surface area contributed by atoms with Crippen molar-refractivity contribution in [3.05, 3.63) is 24.2 Å². The maximum absolute atomic E-state index is 5.47. The van der Waals surface area contributed by atoms with Gasteiger partial charge < -0.3 is 9.73 Å². The van der Waals surface area contributed by atoms with Gasteiger partial charge in [0.2, 0.25) is 0 Å². The van der Waals surface area contributed by atoms with Gasteiger partial charge >= 0.3 is 0 Å². The number of nitrogens with zero attached hydrogens (tertiary/aromatic N) is 1. The van der Waals surface area contributed by atoms with Crippen LogP contribution in [0.3, 0.4) is 0 Å². The molecule has 1 aromatic rings. The lowest BCUT2D eigenvalue weighted by atomic mass is 10.0. The van der Waals surface area contributed by atoms with Crippen LogP contribution in [0.25, 0.3) is 0 Å². The third-order valence-electron chi connectivity index (χ3n) is 3.87. The van der Waals surface area contributed by atoms with E-state index in [9.17, 15) is 0 Å². The molecular formula is C14H22N2O. The molecule has 1 N–H and O–H groups in total. The van der Waals surface area contributed by atoms with Crippen LogP contribution in [-0.4, -0.2) is 30.1 Å². The summed E-state index contributed by atoms with van der Waals surface area (Å²) < 4.78 is 5.47. The van der Waals surface area contributed by atoms with Crippen molar-refractivity contribution in [3.8, 4) is 0 Å². The van der Waals surface area contributed by atoms with Gasteiger partial charge in [-0.05, 0) is 44.4 Å². The summed E-state index contributed by atoms with van der Waals surface area (Å²) in [7, 11) is 0. The summed E-state index contributed by atoms with van der Waals surface area (Å²) in [6.45, 7) is 3.37. The predicted octanol–water partition coefficient (Wildman–Crippen LogP) is 2.39. The van der Waals surface area contributed by atoms with Gasteiger partial charge in [-0.2, -0.15) is 0 Å². The molecular weight excluding hydrogens is 212 g/mol. The van der Waals surface area contributed by atoms with Crippen molar-refractivity contribution >= 4 is 0 Å². The number of piperidine rings is 1. The van der Waals surface area contributed by atoms with Gasteiger partial charge in [-0.25, -0.2) is 0 Å². The number of furan rings is 1. The minimum Gasteiger partial charge on any atom is -0.468 e. The molecule has 1 aliphatic carbocycles. The second-order valence-corrected chi connectivity index (χ2v) is 5.39.